The van der Waals surface area contributed by atoms with Crippen LogP contribution >= 0.6 is 11.3 Å². The monoisotopic (exact) mass is 260 g/mol. The van der Waals surface area contributed by atoms with E-state index in [4.69, 9.17) is 5.73 Å². The molecule has 18 heavy (non-hydrogen) atoms. The molecule has 3 nitrogen and oxygen atoms in total. The molecule has 0 aliphatic carbocycles. The van der Waals surface area contributed by atoms with Gasteiger partial charge in [0.2, 0.25) is 5.91 Å². The van der Waals surface area contributed by atoms with Gasteiger partial charge in [-0.05, 0) is 35.6 Å². The second kappa shape index (κ2) is 5.69. The molecule has 4 heteroatoms. The number of nitrogen functional groups attached to an aromatic ring is 1. The summed E-state index contributed by atoms with van der Waals surface area (Å²) < 4.78 is 0. The highest BCUT2D eigenvalue weighted by molar-refractivity contribution is 7.10. The van der Waals surface area contributed by atoms with Crippen molar-refractivity contribution in [2.45, 2.75) is 12.3 Å². The highest BCUT2D eigenvalue weighted by Crippen LogP contribution is 2.26. The average Bonchev–Trinajstić information content (AvgIpc) is 2.89. The van der Waals surface area contributed by atoms with Gasteiger partial charge in [0.15, 0.2) is 0 Å². The molecule has 94 valence electrons. The number of rotatable bonds is 4. The van der Waals surface area contributed by atoms with E-state index in [2.05, 4.69) is 5.32 Å². The number of carbonyl (C=O) groups excluding carboxylic acids is 1. The molecule has 0 saturated carbocycles. The summed E-state index contributed by atoms with van der Waals surface area (Å²) in [6.45, 7) is 0. The minimum absolute atomic E-state index is 0.0416. The van der Waals surface area contributed by atoms with Crippen LogP contribution in [0.2, 0.25) is 0 Å². The number of likely N-dealkylation sites (N-methyl/N-ethyl adjacent to an activating group) is 1. The Bertz CT molecular complexity index is 522. The Morgan fingerprint density at radius 3 is 2.83 bits per heavy atom. The number of nitrogens with one attached hydrogen (secondary N) is 1. The van der Waals surface area contributed by atoms with Crippen LogP contribution in [0.15, 0.2) is 41.8 Å². The number of carbonyl (C=O) groups is 1. The summed E-state index contributed by atoms with van der Waals surface area (Å²) in [4.78, 5) is 13.0. The summed E-state index contributed by atoms with van der Waals surface area (Å²) in [6, 6.07) is 11.7. The zero-order valence-corrected chi connectivity index (χ0v) is 11.0. The maximum Gasteiger partial charge on any atom is 0.228 e. The molecule has 2 aromatic rings. The fraction of sp³-hybridized carbons (Fsp3) is 0.214. The lowest BCUT2D eigenvalue weighted by Gasteiger charge is -2.14. The molecular weight excluding hydrogens is 244 g/mol. The summed E-state index contributed by atoms with van der Waals surface area (Å²) >= 11 is 1.61. The van der Waals surface area contributed by atoms with Crippen molar-refractivity contribution in [2.75, 3.05) is 12.8 Å². The molecule has 0 aliphatic rings. The standard InChI is InChI=1S/C14H16N2OS/c1-16-14(17)12(13-6-3-7-18-13)9-10-4-2-5-11(15)8-10/h2-8,12H,9,15H2,1H3,(H,16,17). The number of thiophene rings is 1. The van der Waals surface area contributed by atoms with E-state index < -0.39 is 0 Å². The molecule has 3 N–H and O–H groups in total. The third-order valence-corrected chi connectivity index (χ3v) is 3.83. The van der Waals surface area contributed by atoms with Crippen LogP contribution in [0.5, 0.6) is 0 Å². The highest BCUT2D eigenvalue weighted by Gasteiger charge is 2.20. The molecular formula is C14H16N2OS. The van der Waals surface area contributed by atoms with Gasteiger partial charge in [0.1, 0.15) is 0 Å². The predicted octanol–water partition coefficient (Wildman–Crippen LogP) is 2.40. The normalized spacial score (nSPS) is 12.1. The van der Waals surface area contributed by atoms with Gasteiger partial charge in [-0.15, -0.1) is 11.3 Å². The third-order valence-electron chi connectivity index (χ3n) is 2.84. The van der Waals surface area contributed by atoms with E-state index in [-0.39, 0.29) is 11.8 Å². The van der Waals surface area contributed by atoms with Crippen LogP contribution in [0.25, 0.3) is 0 Å². The van der Waals surface area contributed by atoms with Gasteiger partial charge in [-0.2, -0.15) is 0 Å². The van der Waals surface area contributed by atoms with Crippen molar-refractivity contribution >= 4 is 22.9 Å². The van der Waals surface area contributed by atoms with Gasteiger partial charge < -0.3 is 11.1 Å². The summed E-state index contributed by atoms with van der Waals surface area (Å²) in [7, 11) is 1.67. The van der Waals surface area contributed by atoms with Crippen molar-refractivity contribution in [3.05, 3.63) is 52.2 Å². The smallest absolute Gasteiger partial charge is 0.228 e. The van der Waals surface area contributed by atoms with Crippen molar-refractivity contribution < 1.29 is 4.79 Å². The maximum absolute atomic E-state index is 12.0. The maximum atomic E-state index is 12.0. The van der Waals surface area contributed by atoms with Gasteiger partial charge in [-0.3, -0.25) is 4.79 Å². The first kappa shape index (κ1) is 12.6. The van der Waals surface area contributed by atoms with Crippen LogP contribution in [0, 0.1) is 0 Å². The molecule has 1 heterocycles. The molecule has 0 radical (unpaired) electrons. The van der Waals surface area contributed by atoms with E-state index in [0.717, 1.165) is 16.1 Å². The largest absolute Gasteiger partial charge is 0.399 e. The first-order chi connectivity index (χ1) is 8.70. The minimum Gasteiger partial charge on any atom is -0.399 e. The molecule has 2 rings (SSSR count). The number of anilines is 1. The fourth-order valence-electron chi connectivity index (χ4n) is 1.94. The summed E-state index contributed by atoms with van der Waals surface area (Å²) in [5, 5.41) is 4.72. The molecule has 1 aromatic heterocycles. The molecule has 1 aromatic carbocycles. The van der Waals surface area contributed by atoms with Crippen molar-refractivity contribution in [3.63, 3.8) is 0 Å². The van der Waals surface area contributed by atoms with E-state index in [1.807, 2.05) is 41.8 Å². The Labute approximate surface area is 111 Å². The van der Waals surface area contributed by atoms with Crippen LogP contribution in [0.1, 0.15) is 16.4 Å². The molecule has 1 unspecified atom stereocenters. The number of hydrogen-bond donors (Lipinski definition) is 2. The number of hydrogen-bond acceptors (Lipinski definition) is 3. The molecule has 1 atom stereocenters. The Morgan fingerprint density at radius 2 is 2.22 bits per heavy atom. The Morgan fingerprint density at radius 1 is 1.39 bits per heavy atom. The van der Waals surface area contributed by atoms with E-state index in [1.165, 1.54) is 0 Å². The molecule has 1 amide bonds. The molecule has 0 spiro atoms. The highest BCUT2D eigenvalue weighted by atomic mass is 32.1. The molecule has 0 bridgehead atoms. The first-order valence-electron chi connectivity index (χ1n) is 5.80. The van der Waals surface area contributed by atoms with Gasteiger partial charge in [0.25, 0.3) is 0 Å². The van der Waals surface area contributed by atoms with Crippen LogP contribution in [-0.2, 0) is 11.2 Å². The van der Waals surface area contributed by atoms with Gasteiger partial charge in [0.05, 0.1) is 5.92 Å². The fourth-order valence-corrected chi connectivity index (χ4v) is 2.77. The lowest BCUT2D eigenvalue weighted by Crippen LogP contribution is -2.26. The van der Waals surface area contributed by atoms with Gasteiger partial charge in [0, 0.05) is 17.6 Å². The zero-order chi connectivity index (χ0) is 13.0. The Hall–Kier alpha value is -1.81. The topological polar surface area (TPSA) is 55.1 Å². The number of nitrogens with two attached hydrogens (primary N) is 1. The molecule has 0 aliphatic heterocycles. The van der Waals surface area contributed by atoms with Crippen molar-refractivity contribution in [3.8, 4) is 0 Å². The first-order valence-corrected chi connectivity index (χ1v) is 6.68. The number of benzene rings is 1. The lowest BCUT2D eigenvalue weighted by molar-refractivity contribution is -0.122. The van der Waals surface area contributed by atoms with E-state index in [0.29, 0.717) is 6.42 Å². The summed E-state index contributed by atoms with van der Waals surface area (Å²) in [5.74, 6) is -0.100. The van der Waals surface area contributed by atoms with Gasteiger partial charge >= 0.3 is 0 Å². The predicted molar refractivity (Wildman–Crippen MR) is 75.7 cm³/mol. The second-order valence-corrected chi connectivity index (χ2v) is 5.11. The van der Waals surface area contributed by atoms with Crippen molar-refractivity contribution in [2.24, 2.45) is 0 Å². The lowest BCUT2D eigenvalue weighted by atomic mass is 9.96. The van der Waals surface area contributed by atoms with E-state index in [9.17, 15) is 4.79 Å². The van der Waals surface area contributed by atoms with Crippen LogP contribution in [0.3, 0.4) is 0 Å². The minimum atomic E-state index is -0.142. The summed E-state index contributed by atoms with van der Waals surface area (Å²) in [6.07, 6.45) is 0.672. The zero-order valence-electron chi connectivity index (χ0n) is 10.2. The van der Waals surface area contributed by atoms with Crippen LogP contribution < -0.4 is 11.1 Å². The Balaban J connectivity index is 2.23. The van der Waals surface area contributed by atoms with E-state index in [1.54, 1.807) is 18.4 Å². The third kappa shape index (κ3) is 2.90. The SMILES string of the molecule is CNC(=O)C(Cc1cccc(N)c1)c1cccs1. The van der Waals surface area contributed by atoms with E-state index >= 15 is 0 Å². The molecule has 0 fully saturated rings. The second-order valence-electron chi connectivity index (χ2n) is 4.13. The Kier molecular flexibility index (Phi) is 3.99. The average molecular weight is 260 g/mol. The quantitative estimate of drug-likeness (QED) is 0.829. The van der Waals surface area contributed by atoms with Crippen molar-refractivity contribution in [1.29, 1.82) is 0 Å². The van der Waals surface area contributed by atoms with Crippen LogP contribution in [0.4, 0.5) is 5.69 Å². The van der Waals surface area contributed by atoms with Gasteiger partial charge in [-0.25, -0.2) is 0 Å². The van der Waals surface area contributed by atoms with Crippen molar-refractivity contribution in [1.82, 2.24) is 5.32 Å². The van der Waals surface area contributed by atoms with Crippen LogP contribution in [-0.4, -0.2) is 13.0 Å². The number of amides is 1. The van der Waals surface area contributed by atoms with Gasteiger partial charge in [-0.1, -0.05) is 18.2 Å². The molecule has 0 saturated heterocycles. The summed E-state index contributed by atoms with van der Waals surface area (Å²) in [5.41, 5.74) is 7.58.